The highest BCUT2D eigenvalue weighted by Gasteiger charge is 2.63. The number of fused-ring (bicyclic) bond motifs is 6. The summed E-state index contributed by atoms with van der Waals surface area (Å²) in [6.45, 7) is 6.50. The van der Waals surface area contributed by atoms with Crippen molar-refractivity contribution in [3.8, 4) is 12.3 Å². The van der Waals surface area contributed by atoms with Gasteiger partial charge in [0.25, 0.3) is 0 Å². The molecule has 1 aliphatic heterocycles. The van der Waals surface area contributed by atoms with Crippen molar-refractivity contribution >= 4 is 23.0 Å². The molecule has 2 aromatic rings. The van der Waals surface area contributed by atoms with Crippen molar-refractivity contribution in [3.05, 3.63) is 12.4 Å². The Hall–Kier alpha value is -2.85. The molecule has 2 aromatic heterocycles. The molecule has 0 aromatic carbocycles. The van der Waals surface area contributed by atoms with Gasteiger partial charge >= 0.3 is 12.0 Å². The number of ether oxygens (including phenoxy) is 2. The standard InChI is InChI=1S/C37H52FN5O6/c1-5-20(23-8-9-24-30-25(12-14-36(23,24)4)35(3)13-11-22(45)15-21(35)16-26(30)46)7-10-29(47)48-27-17-28(49-37(27,6-2)18-44)43-19-40-31-32(39)41-34(38)42-33(31)43/h2,19-28,30,44-46H,5,7-18H2,1,3-4H3,(H2,39,41,42)/t20-,21+,22-,23-,24+,25+,26+,27+,28-,30+,35+,36-,37-/m1/s1. The minimum atomic E-state index is -1.59. The number of carbonyl (C=O) groups is 1. The molecule has 4 saturated carbocycles. The SMILES string of the molecule is C#C[C@]1(CO)O[C@@H](n2cnc3c(N)nc(F)nc32)C[C@@H]1OC(=O)CC[C@@H](CC)[C@H]1CC[C@H]2[C@@H]3[C@@H](O)C[C@@H]4C[C@H](O)CC[C@]4(C)[C@H]3CC[C@]12C. The van der Waals surface area contributed by atoms with Gasteiger partial charge in [-0.3, -0.25) is 9.36 Å². The normalized spacial score (nSPS) is 42.2. The first-order valence-electron chi connectivity index (χ1n) is 18.3. The van der Waals surface area contributed by atoms with Crippen LogP contribution in [0.4, 0.5) is 10.2 Å². The van der Waals surface area contributed by atoms with Gasteiger partial charge in [0.05, 0.1) is 25.1 Å². The first-order valence-corrected chi connectivity index (χ1v) is 18.3. The van der Waals surface area contributed by atoms with E-state index in [1.54, 1.807) is 0 Å². The van der Waals surface area contributed by atoms with Gasteiger partial charge in [0.2, 0.25) is 0 Å². The van der Waals surface area contributed by atoms with Crippen LogP contribution in [0.15, 0.2) is 6.33 Å². The number of carbonyl (C=O) groups excluding carboxylic acids is 1. The van der Waals surface area contributed by atoms with Gasteiger partial charge in [-0.05, 0) is 104 Å². The highest BCUT2D eigenvalue weighted by Crippen LogP contribution is 2.68. The van der Waals surface area contributed by atoms with Crippen molar-refractivity contribution in [2.24, 2.45) is 46.3 Å². The number of nitrogens with zero attached hydrogens (tertiary/aromatic N) is 4. The zero-order valence-corrected chi connectivity index (χ0v) is 28.9. The molecule has 3 heterocycles. The molecular weight excluding hydrogens is 629 g/mol. The maximum atomic E-state index is 14.0. The first-order chi connectivity index (χ1) is 23.4. The van der Waals surface area contributed by atoms with E-state index in [0.717, 1.165) is 57.8 Å². The lowest BCUT2D eigenvalue weighted by Crippen LogP contribution is -2.58. The van der Waals surface area contributed by atoms with Crippen molar-refractivity contribution in [2.45, 2.75) is 128 Å². The van der Waals surface area contributed by atoms with Crippen LogP contribution in [0.25, 0.3) is 11.2 Å². The van der Waals surface area contributed by atoms with Crippen LogP contribution in [-0.2, 0) is 14.3 Å². The molecule has 5 N–H and O–H groups in total. The van der Waals surface area contributed by atoms with Gasteiger partial charge in [-0.2, -0.15) is 14.4 Å². The average molecular weight is 682 g/mol. The highest BCUT2D eigenvalue weighted by molar-refractivity contribution is 5.81. The molecule has 0 unspecified atom stereocenters. The van der Waals surface area contributed by atoms with Crippen molar-refractivity contribution in [1.29, 1.82) is 0 Å². The van der Waals surface area contributed by atoms with Crippen molar-refractivity contribution in [1.82, 2.24) is 19.5 Å². The van der Waals surface area contributed by atoms with Gasteiger partial charge in [-0.15, -0.1) is 6.42 Å². The summed E-state index contributed by atoms with van der Waals surface area (Å²) in [5, 5.41) is 32.4. The number of terminal acetylenes is 1. The third kappa shape index (κ3) is 5.54. The van der Waals surface area contributed by atoms with E-state index in [0.29, 0.717) is 41.9 Å². The Kier molecular flexibility index (Phi) is 8.99. The summed E-state index contributed by atoms with van der Waals surface area (Å²) >= 11 is 0. The lowest BCUT2D eigenvalue weighted by Gasteiger charge is -2.62. The summed E-state index contributed by atoms with van der Waals surface area (Å²) in [5.74, 6) is 4.39. The summed E-state index contributed by atoms with van der Waals surface area (Å²) in [4.78, 5) is 25.0. The Morgan fingerprint density at radius 3 is 2.65 bits per heavy atom. The number of aliphatic hydroxyl groups is 3. The molecule has 0 amide bonds. The van der Waals surface area contributed by atoms with Crippen molar-refractivity contribution in [2.75, 3.05) is 12.3 Å². The number of halogens is 1. The fourth-order valence-corrected chi connectivity index (χ4v) is 11.7. The Morgan fingerprint density at radius 1 is 1.16 bits per heavy atom. The average Bonchev–Trinajstić information content (AvgIpc) is 3.76. The van der Waals surface area contributed by atoms with E-state index in [1.807, 2.05) is 0 Å². The Bertz CT molecular complexity index is 1620. The summed E-state index contributed by atoms with van der Waals surface area (Å²) in [5.41, 5.74) is 4.84. The summed E-state index contributed by atoms with van der Waals surface area (Å²) < 4.78 is 27.5. The number of aromatic nitrogens is 4. The van der Waals surface area contributed by atoms with E-state index < -0.39 is 36.6 Å². The van der Waals surface area contributed by atoms with E-state index >= 15 is 0 Å². The maximum Gasteiger partial charge on any atom is 0.312 e. The van der Waals surface area contributed by atoms with E-state index in [4.69, 9.17) is 21.6 Å². The number of aliphatic hydroxyl groups excluding tert-OH is 3. The molecule has 12 heteroatoms. The molecule has 5 fully saturated rings. The lowest BCUT2D eigenvalue weighted by atomic mass is 9.43. The van der Waals surface area contributed by atoms with Crippen LogP contribution in [-0.4, -0.2) is 71.3 Å². The minimum Gasteiger partial charge on any atom is -0.458 e. The molecule has 268 valence electrons. The summed E-state index contributed by atoms with van der Waals surface area (Å²) in [7, 11) is 0. The van der Waals surface area contributed by atoms with Crippen LogP contribution in [0.2, 0.25) is 0 Å². The number of esters is 1. The predicted octanol–water partition coefficient (Wildman–Crippen LogP) is 4.54. The fourth-order valence-electron chi connectivity index (χ4n) is 11.7. The smallest absolute Gasteiger partial charge is 0.312 e. The second kappa shape index (κ2) is 12.7. The largest absolute Gasteiger partial charge is 0.458 e. The van der Waals surface area contributed by atoms with Crippen LogP contribution in [0, 0.1) is 64.8 Å². The molecule has 5 aliphatic rings. The van der Waals surface area contributed by atoms with Crippen LogP contribution in [0.5, 0.6) is 0 Å². The zero-order valence-electron chi connectivity index (χ0n) is 28.9. The molecule has 7 rings (SSSR count). The Morgan fingerprint density at radius 2 is 1.92 bits per heavy atom. The van der Waals surface area contributed by atoms with Gasteiger partial charge in [-0.25, -0.2) is 4.98 Å². The maximum absolute atomic E-state index is 14.0. The zero-order chi connectivity index (χ0) is 34.9. The monoisotopic (exact) mass is 681 g/mol. The second-order valence-electron chi connectivity index (χ2n) is 16.3. The van der Waals surface area contributed by atoms with Crippen LogP contribution in [0.3, 0.4) is 0 Å². The third-order valence-corrected chi connectivity index (χ3v) is 14.3. The van der Waals surface area contributed by atoms with E-state index in [1.165, 1.54) is 10.9 Å². The van der Waals surface area contributed by atoms with Gasteiger partial charge in [0.15, 0.2) is 22.6 Å². The fraction of sp³-hybridized carbons (Fsp3) is 0.784. The number of anilines is 1. The van der Waals surface area contributed by atoms with Gasteiger partial charge in [0, 0.05) is 12.8 Å². The first kappa shape index (κ1) is 34.6. The molecule has 1 saturated heterocycles. The van der Waals surface area contributed by atoms with Gasteiger partial charge < -0.3 is 30.5 Å². The number of hydrogen-bond acceptors (Lipinski definition) is 10. The molecule has 11 nitrogen and oxygen atoms in total. The van der Waals surface area contributed by atoms with E-state index in [9.17, 15) is 24.5 Å². The van der Waals surface area contributed by atoms with Gasteiger partial charge in [0.1, 0.15) is 12.3 Å². The summed E-state index contributed by atoms with van der Waals surface area (Å²) in [6.07, 6.45) is 13.8. The predicted molar refractivity (Wildman–Crippen MR) is 179 cm³/mol. The highest BCUT2D eigenvalue weighted by atomic mass is 19.1. The Balaban J connectivity index is 1.02. The topological polar surface area (TPSA) is 166 Å². The number of nitrogen functional groups attached to an aromatic ring is 1. The molecule has 13 atom stereocenters. The second-order valence-corrected chi connectivity index (χ2v) is 16.3. The van der Waals surface area contributed by atoms with Gasteiger partial charge in [-0.1, -0.05) is 33.1 Å². The molecular formula is C37H52FN5O6. The lowest BCUT2D eigenvalue weighted by molar-refractivity contribution is -0.174. The number of imidazole rings is 1. The number of rotatable bonds is 8. The molecule has 0 bridgehead atoms. The number of nitrogens with two attached hydrogens (primary N) is 1. The van der Waals surface area contributed by atoms with Crippen molar-refractivity contribution < 1.29 is 34.0 Å². The number of hydrogen-bond donors (Lipinski definition) is 4. The molecule has 4 aliphatic carbocycles. The van der Waals surface area contributed by atoms with Crippen molar-refractivity contribution in [3.63, 3.8) is 0 Å². The Labute approximate surface area is 287 Å². The molecule has 49 heavy (non-hydrogen) atoms. The minimum absolute atomic E-state index is 0.103. The van der Waals surface area contributed by atoms with Crippen LogP contribution in [0.1, 0.15) is 104 Å². The molecule has 0 radical (unpaired) electrons. The quantitative estimate of drug-likeness (QED) is 0.177. The van der Waals surface area contributed by atoms with E-state index in [-0.39, 0.29) is 52.9 Å². The van der Waals surface area contributed by atoms with Crippen LogP contribution < -0.4 is 5.73 Å². The third-order valence-electron chi connectivity index (χ3n) is 14.3. The summed E-state index contributed by atoms with van der Waals surface area (Å²) in [6, 6.07) is 0. The van der Waals surface area contributed by atoms with Crippen LogP contribution >= 0.6 is 0 Å². The molecule has 0 spiro atoms. The van der Waals surface area contributed by atoms with E-state index in [2.05, 4.69) is 41.6 Å².